The van der Waals surface area contributed by atoms with Gasteiger partial charge < -0.3 is 5.11 Å². The van der Waals surface area contributed by atoms with Gasteiger partial charge in [-0.25, -0.2) is 17.9 Å². The highest BCUT2D eigenvalue weighted by Gasteiger charge is 2.51. The van der Waals surface area contributed by atoms with Gasteiger partial charge in [0.25, 0.3) is 0 Å². The molecule has 0 aromatic carbocycles. The first kappa shape index (κ1) is 13.2. The van der Waals surface area contributed by atoms with Crippen molar-refractivity contribution < 1.29 is 13.5 Å². The molecule has 2 saturated heterocycles. The Labute approximate surface area is 122 Å². The van der Waals surface area contributed by atoms with Gasteiger partial charge in [0, 0.05) is 18.0 Å². The molecule has 2 unspecified atom stereocenters. The van der Waals surface area contributed by atoms with Crippen molar-refractivity contribution in [3.05, 3.63) is 30.2 Å². The van der Waals surface area contributed by atoms with E-state index in [1.165, 1.54) is 0 Å². The first-order valence-electron chi connectivity index (χ1n) is 7.25. The van der Waals surface area contributed by atoms with Gasteiger partial charge in [-0.1, -0.05) is 6.42 Å². The van der Waals surface area contributed by atoms with Crippen molar-refractivity contribution in [2.45, 2.75) is 48.2 Å². The zero-order chi connectivity index (χ0) is 14.7. The van der Waals surface area contributed by atoms with E-state index in [9.17, 15) is 13.5 Å². The number of nitrogens with zero attached hydrogens (tertiary/aromatic N) is 3. The van der Waals surface area contributed by atoms with E-state index in [1.807, 2.05) is 0 Å². The van der Waals surface area contributed by atoms with Crippen LogP contribution in [0.5, 0.6) is 0 Å². The molecule has 0 radical (unpaired) electrons. The van der Waals surface area contributed by atoms with Crippen LogP contribution in [0.4, 0.5) is 0 Å². The van der Waals surface area contributed by atoms with Crippen molar-refractivity contribution in [1.82, 2.24) is 14.6 Å². The molecule has 112 valence electrons. The van der Waals surface area contributed by atoms with Crippen LogP contribution in [0.1, 0.15) is 37.7 Å². The Hall–Kier alpha value is -1.47. The number of fused-ring (bicyclic) bond motifs is 3. The lowest BCUT2D eigenvalue weighted by Crippen LogP contribution is -2.50. The van der Waals surface area contributed by atoms with Crippen LogP contribution in [0.2, 0.25) is 0 Å². The minimum absolute atomic E-state index is 0.254. The summed E-state index contributed by atoms with van der Waals surface area (Å²) >= 11 is 0. The fourth-order valence-corrected chi connectivity index (χ4v) is 6.37. The molecular formula is C14H17N3O3S. The van der Waals surface area contributed by atoms with Crippen LogP contribution in [0.3, 0.4) is 0 Å². The standard InChI is InChI=1S/C14H17N3O3S/c18-14(12-9-16-17-6-2-5-15-13(12)17)7-10-3-1-4-11(8-14)21(10,19)20/h2,5-6,9-11,18H,1,3-4,7-8H2. The van der Waals surface area contributed by atoms with Crippen LogP contribution >= 0.6 is 0 Å². The van der Waals surface area contributed by atoms with Gasteiger partial charge in [-0.2, -0.15) is 5.10 Å². The van der Waals surface area contributed by atoms with Crippen LogP contribution in [-0.4, -0.2) is 38.6 Å². The molecule has 2 aromatic rings. The predicted molar refractivity (Wildman–Crippen MR) is 76.5 cm³/mol. The van der Waals surface area contributed by atoms with Crippen molar-refractivity contribution in [1.29, 1.82) is 0 Å². The van der Waals surface area contributed by atoms with E-state index in [-0.39, 0.29) is 12.8 Å². The molecule has 21 heavy (non-hydrogen) atoms. The number of sulfone groups is 1. The molecule has 1 N–H and O–H groups in total. The fourth-order valence-electron chi connectivity index (χ4n) is 3.82. The minimum atomic E-state index is -3.09. The lowest BCUT2D eigenvalue weighted by atomic mass is 9.81. The van der Waals surface area contributed by atoms with E-state index in [1.54, 1.807) is 29.2 Å². The summed E-state index contributed by atoms with van der Waals surface area (Å²) in [5.41, 5.74) is 0.115. The average Bonchev–Trinajstić information content (AvgIpc) is 2.85. The van der Waals surface area contributed by atoms with Gasteiger partial charge in [-0.05, 0) is 31.7 Å². The second-order valence-corrected chi connectivity index (χ2v) is 8.66. The topological polar surface area (TPSA) is 84.6 Å². The second kappa shape index (κ2) is 4.27. The Morgan fingerprint density at radius 2 is 2.00 bits per heavy atom. The summed E-state index contributed by atoms with van der Waals surface area (Å²) < 4.78 is 26.4. The molecule has 2 atom stereocenters. The van der Waals surface area contributed by atoms with Crippen molar-refractivity contribution in [3.63, 3.8) is 0 Å². The Balaban J connectivity index is 1.82. The van der Waals surface area contributed by atoms with E-state index in [0.717, 1.165) is 6.42 Å². The van der Waals surface area contributed by atoms with E-state index in [0.29, 0.717) is 24.1 Å². The highest BCUT2D eigenvalue weighted by atomic mass is 32.2. The molecule has 0 aliphatic carbocycles. The SMILES string of the molecule is O=S1(=O)C2CCCC1CC(O)(c1cnn3cccnc13)C2. The molecule has 2 aromatic heterocycles. The Kier molecular flexibility index (Phi) is 2.68. The third-order valence-electron chi connectivity index (χ3n) is 4.89. The fraction of sp³-hybridized carbons (Fsp3) is 0.571. The summed E-state index contributed by atoms with van der Waals surface area (Å²) in [6, 6.07) is 1.77. The third kappa shape index (κ3) is 1.83. The summed E-state index contributed by atoms with van der Waals surface area (Å²) in [5.74, 6) is 0. The Morgan fingerprint density at radius 1 is 1.29 bits per heavy atom. The van der Waals surface area contributed by atoms with Gasteiger partial charge in [-0.3, -0.25) is 0 Å². The zero-order valence-corrected chi connectivity index (χ0v) is 12.3. The predicted octanol–water partition coefficient (Wildman–Crippen LogP) is 1.05. The maximum atomic E-state index is 12.4. The van der Waals surface area contributed by atoms with Crippen molar-refractivity contribution in [2.75, 3.05) is 0 Å². The number of hydrogen-bond acceptors (Lipinski definition) is 5. The monoisotopic (exact) mass is 307 g/mol. The summed E-state index contributed by atoms with van der Waals surface area (Å²) in [6.07, 6.45) is 7.78. The maximum Gasteiger partial charge on any atom is 0.160 e. The molecular weight excluding hydrogens is 290 g/mol. The van der Waals surface area contributed by atoms with E-state index >= 15 is 0 Å². The lowest BCUT2D eigenvalue weighted by molar-refractivity contribution is 0.00616. The van der Waals surface area contributed by atoms with Crippen LogP contribution < -0.4 is 0 Å². The molecule has 7 heteroatoms. The molecule has 2 aliphatic rings. The number of aliphatic hydroxyl groups is 1. The first-order valence-corrected chi connectivity index (χ1v) is 8.86. The van der Waals surface area contributed by atoms with E-state index in [4.69, 9.17) is 0 Å². The average molecular weight is 307 g/mol. The first-order chi connectivity index (χ1) is 10.0. The molecule has 0 saturated carbocycles. The molecule has 4 rings (SSSR count). The molecule has 2 fully saturated rings. The van der Waals surface area contributed by atoms with Crippen molar-refractivity contribution >= 4 is 15.5 Å². The van der Waals surface area contributed by atoms with Crippen molar-refractivity contribution in [2.24, 2.45) is 0 Å². The van der Waals surface area contributed by atoms with Gasteiger partial charge in [0.15, 0.2) is 15.5 Å². The normalized spacial score (nSPS) is 34.9. The van der Waals surface area contributed by atoms with E-state index < -0.39 is 25.9 Å². The zero-order valence-electron chi connectivity index (χ0n) is 11.5. The molecule has 4 heterocycles. The number of hydrogen-bond donors (Lipinski definition) is 1. The molecule has 6 nitrogen and oxygen atoms in total. The number of aromatic nitrogens is 3. The van der Waals surface area contributed by atoms with Gasteiger partial charge in [0.2, 0.25) is 0 Å². The molecule has 0 amide bonds. The second-order valence-electron chi connectivity index (χ2n) is 6.15. The Bertz CT molecular complexity index is 779. The smallest absolute Gasteiger partial charge is 0.160 e. The summed E-state index contributed by atoms with van der Waals surface area (Å²) in [4.78, 5) is 4.28. The van der Waals surface area contributed by atoms with Crippen LogP contribution in [0, 0.1) is 0 Å². The quantitative estimate of drug-likeness (QED) is 0.851. The molecule has 0 spiro atoms. The molecule has 2 aliphatic heterocycles. The Morgan fingerprint density at radius 3 is 2.71 bits per heavy atom. The largest absolute Gasteiger partial charge is 0.385 e. The summed E-state index contributed by atoms with van der Waals surface area (Å²) in [7, 11) is -3.09. The highest BCUT2D eigenvalue weighted by Crippen LogP contribution is 2.46. The van der Waals surface area contributed by atoms with Gasteiger partial charge in [0.05, 0.1) is 22.3 Å². The van der Waals surface area contributed by atoms with Gasteiger partial charge >= 0.3 is 0 Å². The van der Waals surface area contributed by atoms with E-state index in [2.05, 4.69) is 10.1 Å². The summed E-state index contributed by atoms with van der Waals surface area (Å²) in [6.45, 7) is 0. The minimum Gasteiger partial charge on any atom is -0.385 e. The highest BCUT2D eigenvalue weighted by molar-refractivity contribution is 7.92. The van der Waals surface area contributed by atoms with Crippen LogP contribution in [0.15, 0.2) is 24.7 Å². The maximum absolute atomic E-state index is 12.4. The third-order valence-corrected chi connectivity index (χ3v) is 7.56. The van der Waals surface area contributed by atoms with Crippen LogP contribution in [-0.2, 0) is 15.4 Å². The molecule has 2 bridgehead atoms. The summed E-state index contributed by atoms with van der Waals surface area (Å²) in [5, 5.41) is 14.5. The van der Waals surface area contributed by atoms with Gasteiger partial charge in [0.1, 0.15) is 0 Å². The lowest BCUT2D eigenvalue weighted by Gasteiger charge is -2.43. The number of rotatable bonds is 1. The van der Waals surface area contributed by atoms with Gasteiger partial charge in [-0.15, -0.1) is 0 Å². The van der Waals surface area contributed by atoms with Crippen molar-refractivity contribution in [3.8, 4) is 0 Å². The van der Waals surface area contributed by atoms with Crippen LogP contribution in [0.25, 0.3) is 5.65 Å².